The summed E-state index contributed by atoms with van der Waals surface area (Å²) in [5, 5.41) is 0. The van der Waals surface area contributed by atoms with E-state index >= 15 is 0 Å². The van der Waals surface area contributed by atoms with Gasteiger partial charge in [-0.15, -0.1) is 0 Å². The molecule has 2 heterocycles. The molecule has 3 rings (SSSR count). The zero-order valence-corrected chi connectivity index (χ0v) is 14.8. The van der Waals surface area contributed by atoms with Crippen molar-refractivity contribution in [2.45, 2.75) is 39.0 Å². The first-order valence-corrected chi connectivity index (χ1v) is 8.88. The molecule has 1 aromatic carbocycles. The van der Waals surface area contributed by atoms with Crippen LogP contribution in [0.25, 0.3) is 0 Å². The van der Waals surface area contributed by atoms with E-state index in [1.54, 1.807) is 0 Å². The molecule has 0 N–H and O–H groups in total. The number of halogens is 4. The van der Waals surface area contributed by atoms with Gasteiger partial charge in [-0.1, -0.05) is 13.3 Å². The summed E-state index contributed by atoms with van der Waals surface area (Å²) >= 11 is 0. The monoisotopic (exact) mass is 394 g/mol. The molecular formula is C18H22F4O5. The van der Waals surface area contributed by atoms with Crippen molar-refractivity contribution >= 4 is 0 Å². The summed E-state index contributed by atoms with van der Waals surface area (Å²) in [4.78, 5) is 0. The summed E-state index contributed by atoms with van der Waals surface area (Å²) in [5.41, 5.74) is 0.0403. The van der Waals surface area contributed by atoms with Gasteiger partial charge in [-0.05, 0) is 18.6 Å². The van der Waals surface area contributed by atoms with E-state index in [0.717, 1.165) is 25.0 Å². The lowest BCUT2D eigenvalue weighted by atomic mass is 10.0. The van der Waals surface area contributed by atoms with Crippen LogP contribution < -0.4 is 4.74 Å². The lowest BCUT2D eigenvalue weighted by molar-refractivity contribution is -0.283. The van der Waals surface area contributed by atoms with Crippen LogP contribution in [0.2, 0.25) is 0 Å². The summed E-state index contributed by atoms with van der Waals surface area (Å²) < 4.78 is 78.4. The lowest BCUT2D eigenvalue weighted by Crippen LogP contribution is -2.43. The lowest BCUT2D eigenvalue weighted by Gasteiger charge is -2.37. The topological polar surface area (TPSA) is 46.2 Å². The molecule has 2 fully saturated rings. The average molecular weight is 394 g/mol. The first kappa shape index (κ1) is 20.3. The second kappa shape index (κ2) is 9.18. The zero-order chi connectivity index (χ0) is 19.4. The van der Waals surface area contributed by atoms with Crippen molar-refractivity contribution in [3.63, 3.8) is 0 Å². The molecule has 0 unspecified atom stereocenters. The van der Waals surface area contributed by atoms with Crippen LogP contribution >= 0.6 is 0 Å². The van der Waals surface area contributed by atoms with Crippen LogP contribution in [0.1, 0.15) is 31.6 Å². The molecule has 0 aromatic heterocycles. The zero-order valence-electron chi connectivity index (χ0n) is 14.8. The van der Waals surface area contributed by atoms with E-state index in [9.17, 15) is 17.6 Å². The highest BCUT2D eigenvalue weighted by Gasteiger charge is 2.34. The second-order valence-corrected chi connectivity index (χ2v) is 6.64. The van der Waals surface area contributed by atoms with Crippen LogP contribution in [-0.4, -0.2) is 39.3 Å². The molecular weight excluding hydrogens is 372 g/mol. The van der Waals surface area contributed by atoms with E-state index < -0.39 is 36.6 Å². The van der Waals surface area contributed by atoms with Gasteiger partial charge in [-0.3, -0.25) is 0 Å². The molecule has 2 aliphatic heterocycles. The molecule has 0 bridgehead atoms. The predicted octanol–water partition coefficient (Wildman–Crippen LogP) is 4.02. The maximum Gasteiger partial charge on any atom is 0.387 e. The highest BCUT2D eigenvalue weighted by molar-refractivity contribution is 5.32. The maximum atomic E-state index is 13.8. The van der Waals surface area contributed by atoms with Gasteiger partial charge in [0.05, 0.1) is 32.3 Å². The van der Waals surface area contributed by atoms with Crippen molar-refractivity contribution in [1.29, 1.82) is 0 Å². The molecule has 2 saturated heterocycles. The van der Waals surface area contributed by atoms with Crippen LogP contribution in [0, 0.1) is 23.5 Å². The number of hydrogen-bond acceptors (Lipinski definition) is 5. The summed E-state index contributed by atoms with van der Waals surface area (Å²) in [5.74, 6) is -3.42. The van der Waals surface area contributed by atoms with Gasteiger partial charge in [-0.25, -0.2) is 8.78 Å². The standard InChI is InChI=1S/C18H22F4O5/c1-2-3-10-6-23-17(24-7-10)12-8-25-16(26-9-12)11-4-13(19)15(14(20)5-11)27-18(21)22/h4-5,10,12,16-18H,2-3,6-9H2,1H3/t10-,12-,16-,17-. The van der Waals surface area contributed by atoms with Gasteiger partial charge in [0.1, 0.15) is 0 Å². The van der Waals surface area contributed by atoms with Gasteiger partial charge in [0.25, 0.3) is 0 Å². The largest absolute Gasteiger partial charge is 0.429 e. The first-order valence-electron chi connectivity index (χ1n) is 8.88. The number of alkyl halides is 2. The number of ether oxygens (including phenoxy) is 5. The van der Waals surface area contributed by atoms with Crippen molar-refractivity contribution in [3.05, 3.63) is 29.3 Å². The Morgan fingerprint density at radius 1 is 1.00 bits per heavy atom. The Kier molecular flexibility index (Phi) is 6.91. The molecule has 0 aliphatic carbocycles. The quantitative estimate of drug-likeness (QED) is 0.682. The van der Waals surface area contributed by atoms with Crippen molar-refractivity contribution in [2.75, 3.05) is 26.4 Å². The van der Waals surface area contributed by atoms with Crippen LogP contribution in [0.3, 0.4) is 0 Å². The van der Waals surface area contributed by atoms with Gasteiger partial charge >= 0.3 is 6.61 Å². The Balaban J connectivity index is 1.55. The Hall–Kier alpha value is -1.42. The molecule has 1 aromatic rings. The summed E-state index contributed by atoms with van der Waals surface area (Å²) in [6.45, 7) is 0.432. The van der Waals surface area contributed by atoms with Crippen molar-refractivity contribution in [2.24, 2.45) is 11.8 Å². The minimum atomic E-state index is -3.32. The summed E-state index contributed by atoms with van der Waals surface area (Å²) in [7, 11) is 0. The molecule has 0 spiro atoms. The third kappa shape index (κ3) is 5.10. The van der Waals surface area contributed by atoms with Gasteiger partial charge in [0.15, 0.2) is 30.0 Å². The number of hydrogen-bond donors (Lipinski definition) is 0. The Labute approximate surface area is 154 Å². The highest BCUT2D eigenvalue weighted by Crippen LogP contribution is 2.33. The fourth-order valence-corrected chi connectivity index (χ4v) is 3.19. The van der Waals surface area contributed by atoms with Crippen LogP contribution in [0.15, 0.2) is 12.1 Å². The maximum absolute atomic E-state index is 13.8. The highest BCUT2D eigenvalue weighted by atomic mass is 19.3. The third-order valence-electron chi connectivity index (χ3n) is 4.50. The van der Waals surface area contributed by atoms with Gasteiger partial charge in [-0.2, -0.15) is 8.78 Å². The van der Waals surface area contributed by atoms with Crippen LogP contribution in [-0.2, 0) is 18.9 Å². The molecule has 0 radical (unpaired) electrons. The fourth-order valence-electron chi connectivity index (χ4n) is 3.19. The summed E-state index contributed by atoms with van der Waals surface area (Å²) in [6, 6.07) is 1.71. The SMILES string of the molecule is CCC[C@H]1CO[C@H]([C@H]2CO[C@H](c3cc(F)c(OC(F)F)c(F)c3)OC2)OC1. The van der Waals surface area contributed by atoms with Gasteiger partial charge in [0, 0.05) is 11.5 Å². The van der Waals surface area contributed by atoms with Crippen molar-refractivity contribution in [3.8, 4) is 5.75 Å². The number of rotatable bonds is 6. The van der Waals surface area contributed by atoms with E-state index in [-0.39, 0.29) is 24.7 Å². The van der Waals surface area contributed by atoms with E-state index in [4.69, 9.17) is 18.9 Å². The molecule has 5 nitrogen and oxygen atoms in total. The molecule has 0 atom stereocenters. The van der Waals surface area contributed by atoms with E-state index in [1.807, 2.05) is 0 Å². The smallest absolute Gasteiger partial charge is 0.387 e. The third-order valence-corrected chi connectivity index (χ3v) is 4.50. The Morgan fingerprint density at radius 2 is 1.59 bits per heavy atom. The van der Waals surface area contributed by atoms with Crippen LogP contribution in [0.4, 0.5) is 17.6 Å². The molecule has 0 amide bonds. The van der Waals surface area contributed by atoms with Crippen molar-refractivity contribution < 1.29 is 41.2 Å². The van der Waals surface area contributed by atoms with Gasteiger partial charge in [0.2, 0.25) is 0 Å². The van der Waals surface area contributed by atoms with Gasteiger partial charge < -0.3 is 23.7 Å². The Bertz CT molecular complexity index is 591. The molecule has 152 valence electrons. The number of benzene rings is 1. The molecule has 0 saturated carbocycles. The average Bonchev–Trinajstić information content (AvgIpc) is 2.65. The first-order chi connectivity index (χ1) is 13.0. The van der Waals surface area contributed by atoms with Crippen molar-refractivity contribution in [1.82, 2.24) is 0 Å². The van der Waals surface area contributed by atoms with Crippen LogP contribution in [0.5, 0.6) is 5.75 Å². The van der Waals surface area contributed by atoms with E-state index in [0.29, 0.717) is 19.1 Å². The van der Waals surface area contributed by atoms with E-state index in [2.05, 4.69) is 11.7 Å². The fraction of sp³-hybridized carbons (Fsp3) is 0.667. The minimum Gasteiger partial charge on any atom is -0.429 e. The summed E-state index contributed by atoms with van der Waals surface area (Å²) in [6.07, 6.45) is 0.638. The normalized spacial score (nSPS) is 29.1. The minimum absolute atomic E-state index is 0.0403. The molecule has 9 heteroatoms. The van der Waals surface area contributed by atoms with E-state index in [1.165, 1.54) is 0 Å². The predicted molar refractivity (Wildman–Crippen MR) is 85.2 cm³/mol. The Morgan fingerprint density at radius 3 is 2.11 bits per heavy atom. The second-order valence-electron chi connectivity index (χ2n) is 6.64. The molecule has 27 heavy (non-hydrogen) atoms. The molecule has 2 aliphatic rings.